The standard InChI is InChI=1S/C73H130O6/c1-4-7-10-13-16-19-22-24-26-28-30-32-33-34-35-36-37-38-39-40-42-43-45-47-49-51-54-57-60-63-66-72(75)78-69-70(68-77-71(74)65-62-59-56-53-21-18-15-12-9-6-3)79-73(76)67-64-61-58-55-52-50-48-46-44-41-31-29-27-25-23-20-17-14-11-8-5-2/h8,11,17,20,25,27,31,41,46,48,52,55,70H,4-7,9-10,12-16,18-19,21-24,26,28-30,32-40,42-45,47,49-51,53-54,56-69H2,1-3H3/b11-8-,20-17-,27-25-,41-31-,48-46-,55-52-. The lowest BCUT2D eigenvalue weighted by Crippen LogP contribution is -2.30. The van der Waals surface area contributed by atoms with Gasteiger partial charge in [0.05, 0.1) is 0 Å². The molecule has 0 aromatic carbocycles. The van der Waals surface area contributed by atoms with E-state index in [1.165, 1.54) is 218 Å². The molecule has 0 saturated carbocycles. The van der Waals surface area contributed by atoms with Crippen LogP contribution in [0.5, 0.6) is 0 Å². The molecule has 1 atom stereocenters. The first kappa shape index (κ1) is 75.8. The van der Waals surface area contributed by atoms with Crippen LogP contribution >= 0.6 is 0 Å². The number of ether oxygens (including phenoxy) is 3. The Hall–Kier alpha value is -3.15. The molecule has 0 bridgehead atoms. The van der Waals surface area contributed by atoms with Gasteiger partial charge in [-0.3, -0.25) is 14.4 Å². The summed E-state index contributed by atoms with van der Waals surface area (Å²) >= 11 is 0. The van der Waals surface area contributed by atoms with Crippen molar-refractivity contribution < 1.29 is 28.6 Å². The van der Waals surface area contributed by atoms with E-state index in [4.69, 9.17) is 14.2 Å². The summed E-state index contributed by atoms with van der Waals surface area (Å²) in [5.41, 5.74) is 0. The molecule has 0 amide bonds. The maximum Gasteiger partial charge on any atom is 0.306 e. The van der Waals surface area contributed by atoms with E-state index in [1.807, 2.05) is 0 Å². The third-order valence-corrected chi connectivity index (χ3v) is 15.2. The van der Waals surface area contributed by atoms with E-state index in [0.717, 1.165) is 89.9 Å². The molecule has 6 heteroatoms. The predicted molar refractivity (Wildman–Crippen MR) is 344 cm³/mol. The van der Waals surface area contributed by atoms with Gasteiger partial charge in [0.25, 0.3) is 0 Å². The van der Waals surface area contributed by atoms with Crippen LogP contribution in [-0.2, 0) is 28.6 Å². The van der Waals surface area contributed by atoms with Crippen LogP contribution in [-0.4, -0.2) is 37.2 Å². The Morgan fingerprint density at radius 2 is 0.494 bits per heavy atom. The third-order valence-electron chi connectivity index (χ3n) is 15.2. The molecule has 0 spiro atoms. The Morgan fingerprint density at radius 3 is 0.772 bits per heavy atom. The van der Waals surface area contributed by atoms with E-state index in [2.05, 4.69) is 93.7 Å². The van der Waals surface area contributed by atoms with E-state index >= 15 is 0 Å². The maximum absolute atomic E-state index is 12.9. The molecule has 458 valence electrons. The Morgan fingerprint density at radius 1 is 0.266 bits per heavy atom. The molecule has 0 fully saturated rings. The number of hydrogen-bond acceptors (Lipinski definition) is 6. The Kier molecular flexibility index (Phi) is 64.7. The third kappa shape index (κ3) is 65.5. The average molecular weight is 1100 g/mol. The first-order valence-corrected chi connectivity index (χ1v) is 34.4. The van der Waals surface area contributed by atoms with Crippen LogP contribution < -0.4 is 0 Å². The summed E-state index contributed by atoms with van der Waals surface area (Å²) in [4.78, 5) is 38.3. The zero-order valence-corrected chi connectivity index (χ0v) is 52.6. The highest BCUT2D eigenvalue weighted by molar-refractivity contribution is 5.71. The first-order valence-electron chi connectivity index (χ1n) is 34.4. The van der Waals surface area contributed by atoms with Gasteiger partial charge in [-0.25, -0.2) is 0 Å². The summed E-state index contributed by atoms with van der Waals surface area (Å²) in [6.07, 6.45) is 88.1. The van der Waals surface area contributed by atoms with Crippen molar-refractivity contribution in [1.29, 1.82) is 0 Å². The molecule has 0 heterocycles. The molecular weight excluding hydrogens is 973 g/mol. The number of hydrogen-bond donors (Lipinski definition) is 0. The van der Waals surface area contributed by atoms with E-state index in [0.29, 0.717) is 19.3 Å². The molecule has 0 aromatic heterocycles. The van der Waals surface area contributed by atoms with Gasteiger partial charge in [0.2, 0.25) is 0 Å². The van der Waals surface area contributed by atoms with Crippen molar-refractivity contribution in [1.82, 2.24) is 0 Å². The van der Waals surface area contributed by atoms with Crippen LogP contribution in [0.15, 0.2) is 72.9 Å². The maximum atomic E-state index is 12.9. The summed E-state index contributed by atoms with van der Waals surface area (Å²) in [7, 11) is 0. The quantitative estimate of drug-likeness (QED) is 0.0261. The molecule has 0 aliphatic carbocycles. The fourth-order valence-electron chi connectivity index (χ4n) is 10.1. The highest BCUT2D eigenvalue weighted by atomic mass is 16.6. The van der Waals surface area contributed by atoms with Crippen molar-refractivity contribution in [2.45, 2.75) is 361 Å². The van der Waals surface area contributed by atoms with Gasteiger partial charge in [0, 0.05) is 19.3 Å². The highest BCUT2D eigenvalue weighted by Gasteiger charge is 2.19. The largest absolute Gasteiger partial charge is 0.462 e. The van der Waals surface area contributed by atoms with Crippen LogP contribution in [0.1, 0.15) is 355 Å². The van der Waals surface area contributed by atoms with Crippen molar-refractivity contribution in [3.05, 3.63) is 72.9 Å². The van der Waals surface area contributed by atoms with Gasteiger partial charge in [-0.1, -0.05) is 338 Å². The van der Waals surface area contributed by atoms with Crippen LogP contribution in [0.4, 0.5) is 0 Å². The normalized spacial score (nSPS) is 12.5. The van der Waals surface area contributed by atoms with Gasteiger partial charge in [0.1, 0.15) is 13.2 Å². The summed E-state index contributed by atoms with van der Waals surface area (Å²) in [5, 5.41) is 0. The zero-order chi connectivity index (χ0) is 57.1. The molecule has 0 radical (unpaired) electrons. The lowest BCUT2D eigenvalue weighted by Gasteiger charge is -2.18. The number of rotatable bonds is 63. The highest BCUT2D eigenvalue weighted by Crippen LogP contribution is 2.18. The van der Waals surface area contributed by atoms with Crippen LogP contribution in [0, 0.1) is 0 Å². The number of esters is 3. The Balaban J connectivity index is 4.18. The molecule has 0 aromatic rings. The minimum atomic E-state index is -0.796. The van der Waals surface area contributed by atoms with Crippen LogP contribution in [0.3, 0.4) is 0 Å². The second-order valence-corrected chi connectivity index (χ2v) is 23.1. The van der Waals surface area contributed by atoms with Gasteiger partial charge in [-0.15, -0.1) is 0 Å². The Labute approximate surface area is 491 Å². The molecule has 0 N–H and O–H groups in total. The lowest BCUT2D eigenvalue weighted by atomic mass is 10.0. The monoisotopic (exact) mass is 1100 g/mol. The minimum absolute atomic E-state index is 0.0891. The minimum Gasteiger partial charge on any atom is -0.462 e. The SMILES string of the molecule is CC/C=C\C/C=C\C/C=C\C/C=C\C/C=C\C/C=C\CCCCC(=O)OC(COC(=O)CCCCCCCCCCCC)COC(=O)CCCCCCCCCCCCCCCCCCCCCCCCCCCCCCCC. The van der Waals surface area contributed by atoms with E-state index < -0.39 is 6.10 Å². The van der Waals surface area contributed by atoms with Crippen molar-refractivity contribution in [3.63, 3.8) is 0 Å². The predicted octanol–water partition coefficient (Wildman–Crippen LogP) is 23.7. The molecular formula is C73H130O6. The molecule has 0 rings (SSSR count). The second kappa shape index (κ2) is 67.4. The molecule has 0 aliphatic rings. The van der Waals surface area contributed by atoms with Crippen LogP contribution in [0.25, 0.3) is 0 Å². The smallest absolute Gasteiger partial charge is 0.306 e. The van der Waals surface area contributed by atoms with Gasteiger partial charge in [-0.05, 0) is 70.6 Å². The molecule has 6 nitrogen and oxygen atoms in total. The first-order chi connectivity index (χ1) is 39.0. The summed E-state index contributed by atoms with van der Waals surface area (Å²) in [5.74, 6) is -0.917. The number of unbranched alkanes of at least 4 members (excludes halogenated alkanes) is 40. The van der Waals surface area contributed by atoms with Crippen molar-refractivity contribution in [2.24, 2.45) is 0 Å². The van der Waals surface area contributed by atoms with Crippen molar-refractivity contribution >= 4 is 17.9 Å². The van der Waals surface area contributed by atoms with Crippen LogP contribution in [0.2, 0.25) is 0 Å². The summed E-state index contributed by atoms with van der Waals surface area (Å²) < 4.78 is 16.9. The number of carbonyl (C=O) groups excluding carboxylic acids is 3. The number of carbonyl (C=O) groups is 3. The van der Waals surface area contributed by atoms with Gasteiger partial charge >= 0.3 is 17.9 Å². The topological polar surface area (TPSA) is 78.9 Å². The average Bonchev–Trinajstić information content (AvgIpc) is 3.45. The summed E-state index contributed by atoms with van der Waals surface area (Å²) in [6.45, 7) is 6.53. The second-order valence-electron chi connectivity index (χ2n) is 23.1. The fourth-order valence-corrected chi connectivity index (χ4v) is 10.1. The molecule has 1 unspecified atom stereocenters. The van der Waals surface area contributed by atoms with E-state index in [1.54, 1.807) is 0 Å². The molecule has 79 heavy (non-hydrogen) atoms. The Bertz CT molecular complexity index is 1450. The van der Waals surface area contributed by atoms with Gasteiger partial charge in [-0.2, -0.15) is 0 Å². The zero-order valence-electron chi connectivity index (χ0n) is 52.6. The van der Waals surface area contributed by atoms with Crippen molar-refractivity contribution in [3.8, 4) is 0 Å². The van der Waals surface area contributed by atoms with E-state index in [-0.39, 0.29) is 37.5 Å². The fraction of sp³-hybridized carbons (Fsp3) is 0.795. The van der Waals surface area contributed by atoms with Gasteiger partial charge < -0.3 is 14.2 Å². The lowest BCUT2D eigenvalue weighted by molar-refractivity contribution is -0.167. The van der Waals surface area contributed by atoms with E-state index in [9.17, 15) is 14.4 Å². The van der Waals surface area contributed by atoms with Gasteiger partial charge in [0.15, 0.2) is 6.10 Å². The summed E-state index contributed by atoms with van der Waals surface area (Å²) in [6, 6.07) is 0. The molecule has 0 aliphatic heterocycles. The van der Waals surface area contributed by atoms with Crippen molar-refractivity contribution in [2.75, 3.05) is 13.2 Å². The number of allylic oxidation sites excluding steroid dienone is 12. The molecule has 0 saturated heterocycles.